The van der Waals surface area contributed by atoms with Crippen molar-refractivity contribution < 1.29 is 14.3 Å². The minimum absolute atomic E-state index is 0.0608. The molecule has 0 bridgehead atoms. The summed E-state index contributed by atoms with van der Waals surface area (Å²) in [5, 5.41) is 6.24. The molecule has 2 aliphatic heterocycles. The first-order valence-electron chi connectivity index (χ1n) is 7.41. The summed E-state index contributed by atoms with van der Waals surface area (Å²) in [5.74, 6) is 0.0608. The first-order valence-corrected chi connectivity index (χ1v) is 7.41. The van der Waals surface area contributed by atoms with E-state index >= 15 is 0 Å². The van der Waals surface area contributed by atoms with Gasteiger partial charge in [-0.05, 0) is 45.7 Å². The van der Waals surface area contributed by atoms with Gasteiger partial charge >= 0.3 is 0 Å². The Labute approximate surface area is 115 Å². The topological polar surface area (TPSA) is 59.6 Å². The van der Waals surface area contributed by atoms with Crippen LogP contribution in [0.1, 0.15) is 39.0 Å². The van der Waals surface area contributed by atoms with E-state index in [2.05, 4.69) is 17.6 Å². The van der Waals surface area contributed by atoms with E-state index in [1.807, 2.05) is 0 Å². The van der Waals surface area contributed by atoms with Crippen molar-refractivity contribution in [1.82, 2.24) is 10.6 Å². The normalized spacial score (nSPS) is 28.5. The van der Waals surface area contributed by atoms with Crippen LogP contribution in [-0.4, -0.2) is 50.5 Å². The van der Waals surface area contributed by atoms with Gasteiger partial charge in [0.05, 0.1) is 18.3 Å². The number of hydrogen-bond acceptors (Lipinski definition) is 4. The lowest BCUT2D eigenvalue weighted by Crippen LogP contribution is -2.40. The van der Waals surface area contributed by atoms with Crippen molar-refractivity contribution >= 4 is 5.91 Å². The molecule has 0 radical (unpaired) electrons. The fourth-order valence-corrected chi connectivity index (χ4v) is 2.63. The highest BCUT2D eigenvalue weighted by Crippen LogP contribution is 2.23. The third-order valence-corrected chi connectivity index (χ3v) is 3.93. The predicted octanol–water partition coefficient (Wildman–Crippen LogP) is 0.830. The Balaban J connectivity index is 1.54. The molecule has 0 aromatic carbocycles. The number of nitrogens with one attached hydrogen (secondary N) is 2. The highest BCUT2D eigenvalue weighted by molar-refractivity contribution is 5.76. The van der Waals surface area contributed by atoms with E-state index in [0.717, 1.165) is 45.4 Å². The van der Waals surface area contributed by atoms with Gasteiger partial charge in [-0.15, -0.1) is 0 Å². The summed E-state index contributed by atoms with van der Waals surface area (Å²) in [6.07, 6.45) is 4.98. The molecular weight excluding hydrogens is 244 g/mol. The summed E-state index contributed by atoms with van der Waals surface area (Å²) in [5.41, 5.74) is -0.161. The number of carbonyl (C=O) groups excluding carboxylic acids is 1. The Morgan fingerprint density at radius 3 is 2.95 bits per heavy atom. The molecule has 2 rings (SSSR count). The first-order chi connectivity index (χ1) is 9.18. The largest absolute Gasteiger partial charge is 0.378 e. The average molecular weight is 270 g/mol. The van der Waals surface area contributed by atoms with E-state index in [-0.39, 0.29) is 11.5 Å². The van der Waals surface area contributed by atoms with Crippen LogP contribution in [0.4, 0.5) is 0 Å². The smallest absolute Gasteiger partial charge is 0.222 e. The van der Waals surface area contributed by atoms with E-state index in [1.165, 1.54) is 0 Å². The molecule has 2 fully saturated rings. The molecule has 0 saturated carbocycles. The highest BCUT2D eigenvalue weighted by atomic mass is 16.5. The molecule has 2 heterocycles. The van der Waals surface area contributed by atoms with Crippen molar-refractivity contribution in [1.29, 1.82) is 0 Å². The van der Waals surface area contributed by atoms with Crippen molar-refractivity contribution in [3.05, 3.63) is 0 Å². The molecule has 1 unspecified atom stereocenters. The summed E-state index contributed by atoms with van der Waals surface area (Å²) in [6.45, 7) is 6.05. The number of rotatable bonds is 6. The lowest BCUT2D eigenvalue weighted by molar-refractivity contribution is -0.124. The zero-order chi connectivity index (χ0) is 13.6. The van der Waals surface area contributed by atoms with Gasteiger partial charge in [0, 0.05) is 19.6 Å². The van der Waals surface area contributed by atoms with E-state index in [4.69, 9.17) is 9.47 Å². The van der Waals surface area contributed by atoms with Crippen LogP contribution in [0.3, 0.4) is 0 Å². The summed E-state index contributed by atoms with van der Waals surface area (Å²) in [7, 11) is 0. The number of amides is 1. The zero-order valence-corrected chi connectivity index (χ0v) is 11.9. The second-order valence-corrected chi connectivity index (χ2v) is 5.75. The second kappa shape index (κ2) is 7.22. The molecule has 5 heteroatoms. The lowest BCUT2D eigenvalue weighted by Gasteiger charge is -2.24. The average Bonchev–Trinajstić information content (AvgIpc) is 2.85. The van der Waals surface area contributed by atoms with Gasteiger partial charge in [0.15, 0.2) is 0 Å². The van der Waals surface area contributed by atoms with Gasteiger partial charge < -0.3 is 20.1 Å². The Morgan fingerprint density at radius 1 is 1.47 bits per heavy atom. The molecule has 110 valence electrons. The summed E-state index contributed by atoms with van der Waals surface area (Å²) in [6, 6.07) is 0. The van der Waals surface area contributed by atoms with E-state index in [0.29, 0.717) is 25.7 Å². The van der Waals surface area contributed by atoms with Crippen molar-refractivity contribution in [2.24, 2.45) is 0 Å². The van der Waals surface area contributed by atoms with Gasteiger partial charge in [-0.25, -0.2) is 0 Å². The Kier molecular flexibility index (Phi) is 5.60. The number of ether oxygens (including phenoxy) is 2. The van der Waals surface area contributed by atoms with Crippen LogP contribution in [0.5, 0.6) is 0 Å². The standard InChI is InChI=1S/C14H26N2O3/c1-14(6-2-9-19-14)11-16-13(17)5-10-18-12-3-7-15-8-4-12/h12,15H,2-11H2,1H3,(H,16,17). The van der Waals surface area contributed by atoms with E-state index in [1.54, 1.807) is 0 Å². The Bertz CT molecular complexity index is 284. The van der Waals surface area contributed by atoms with Gasteiger partial charge in [0.2, 0.25) is 5.91 Å². The van der Waals surface area contributed by atoms with E-state index < -0.39 is 0 Å². The van der Waals surface area contributed by atoms with Gasteiger partial charge in [-0.3, -0.25) is 4.79 Å². The van der Waals surface area contributed by atoms with Crippen LogP contribution in [0, 0.1) is 0 Å². The molecule has 1 atom stereocenters. The van der Waals surface area contributed by atoms with Gasteiger partial charge in [-0.1, -0.05) is 0 Å². The second-order valence-electron chi connectivity index (χ2n) is 5.75. The molecule has 5 nitrogen and oxygen atoms in total. The highest BCUT2D eigenvalue weighted by Gasteiger charge is 2.29. The maximum Gasteiger partial charge on any atom is 0.222 e. The molecule has 1 amide bonds. The molecule has 0 aromatic heterocycles. The molecule has 19 heavy (non-hydrogen) atoms. The SMILES string of the molecule is CC1(CNC(=O)CCOC2CCNCC2)CCCO1. The number of hydrogen-bond donors (Lipinski definition) is 2. The first kappa shape index (κ1) is 14.8. The summed E-state index contributed by atoms with van der Waals surface area (Å²) < 4.78 is 11.4. The molecule has 2 N–H and O–H groups in total. The third-order valence-electron chi connectivity index (χ3n) is 3.93. The fraction of sp³-hybridized carbons (Fsp3) is 0.929. The maximum absolute atomic E-state index is 11.7. The summed E-state index contributed by atoms with van der Waals surface area (Å²) >= 11 is 0. The Hall–Kier alpha value is -0.650. The van der Waals surface area contributed by atoms with E-state index in [9.17, 15) is 4.79 Å². The monoisotopic (exact) mass is 270 g/mol. The van der Waals surface area contributed by atoms with Crippen molar-refractivity contribution in [2.75, 3.05) is 32.8 Å². The van der Waals surface area contributed by atoms with Gasteiger partial charge in [-0.2, -0.15) is 0 Å². The van der Waals surface area contributed by atoms with Crippen molar-refractivity contribution in [3.8, 4) is 0 Å². The fourth-order valence-electron chi connectivity index (χ4n) is 2.63. The summed E-state index contributed by atoms with van der Waals surface area (Å²) in [4.78, 5) is 11.7. The molecule has 0 aliphatic carbocycles. The van der Waals surface area contributed by atoms with Gasteiger partial charge in [0.1, 0.15) is 0 Å². The lowest BCUT2D eigenvalue weighted by atomic mass is 10.0. The van der Waals surface area contributed by atoms with Crippen LogP contribution in [0.15, 0.2) is 0 Å². The van der Waals surface area contributed by atoms with Crippen molar-refractivity contribution in [3.63, 3.8) is 0 Å². The quantitative estimate of drug-likeness (QED) is 0.750. The minimum Gasteiger partial charge on any atom is -0.378 e. The maximum atomic E-state index is 11.7. The molecule has 2 saturated heterocycles. The third kappa shape index (κ3) is 5.09. The van der Waals surface area contributed by atoms with Crippen LogP contribution in [0.2, 0.25) is 0 Å². The molecule has 0 spiro atoms. The van der Waals surface area contributed by atoms with Crippen LogP contribution < -0.4 is 10.6 Å². The van der Waals surface area contributed by atoms with Crippen LogP contribution in [-0.2, 0) is 14.3 Å². The zero-order valence-electron chi connectivity index (χ0n) is 11.9. The minimum atomic E-state index is -0.161. The van der Waals surface area contributed by atoms with Crippen LogP contribution >= 0.6 is 0 Å². The van der Waals surface area contributed by atoms with Crippen LogP contribution in [0.25, 0.3) is 0 Å². The Morgan fingerprint density at radius 2 is 2.26 bits per heavy atom. The van der Waals surface area contributed by atoms with Crippen molar-refractivity contribution in [2.45, 2.75) is 50.7 Å². The number of carbonyl (C=O) groups is 1. The van der Waals surface area contributed by atoms with Gasteiger partial charge in [0.25, 0.3) is 0 Å². The molecule has 0 aromatic rings. The number of piperidine rings is 1. The molecular formula is C14H26N2O3. The predicted molar refractivity (Wildman–Crippen MR) is 73.1 cm³/mol. The molecule has 2 aliphatic rings.